The summed E-state index contributed by atoms with van der Waals surface area (Å²) in [4.78, 5) is 29.7. The maximum atomic E-state index is 12.3. The topological polar surface area (TPSA) is 64.1 Å². The Hall–Kier alpha value is -1.50. The van der Waals surface area contributed by atoms with E-state index in [2.05, 4.69) is 41.0 Å². The molecule has 1 aromatic carbocycles. The summed E-state index contributed by atoms with van der Waals surface area (Å²) in [5, 5.41) is 9.03. The first-order valence-corrected chi connectivity index (χ1v) is 9.07. The number of carboxylic acid groups (broad SMARTS) is 1. The van der Waals surface area contributed by atoms with Crippen molar-refractivity contribution in [3.63, 3.8) is 0 Å². The Morgan fingerprint density at radius 3 is 2.41 bits per heavy atom. The van der Waals surface area contributed by atoms with Crippen LogP contribution in [0.4, 0.5) is 5.69 Å². The molecule has 8 heteroatoms. The second-order valence-corrected chi connectivity index (χ2v) is 7.08. The van der Waals surface area contributed by atoms with Gasteiger partial charge in [0.05, 0.1) is 5.92 Å². The van der Waals surface area contributed by atoms with E-state index < -0.39 is 5.97 Å². The molecule has 2 aliphatic heterocycles. The van der Waals surface area contributed by atoms with E-state index in [1.807, 2.05) is 0 Å². The maximum absolute atomic E-state index is 12.3. The fourth-order valence-electron chi connectivity index (χ4n) is 3.65. The third-order valence-electron chi connectivity index (χ3n) is 5.27. The molecule has 2 heterocycles. The molecule has 1 aromatic rings. The third-order valence-corrected chi connectivity index (χ3v) is 5.27. The molecule has 0 bridgehead atoms. The fourth-order valence-corrected chi connectivity index (χ4v) is 3.65. The number of carbonyl (C=O) groups is 2. The zero-order chi connectivity index (χ0) is 17.8. The van der Waals surface area contributed by atoms with Crippen molar-refractivity contribution < 1.29 is 14.7 Å². The van der Waals surface area contributed by atoms with Gasteiger partial charge in [-0.3, -0.25) is 14.5 Å². The van der Waals surface area contributed by atoms with Crippen LogP contribution in [0.2, 0.25) is 0 Å². The summed E-state index contributed by atoms with van der Waals surface area (Å²) in [5.74, 6) is -1.09. The van der Waals surface area contributed by atoms with E-state index in [4.69, 9.17) is 5.11 Å². The minimum absolute atomic E-state index is 0. The monoisotopic (exact) mass is 417 g/mol. The highest BCUT2D eigenvalue weighted by Crippen LogP contribution is 2.19. The Kier molecular flexibility index (Phi) is 9.36. The zero-order valence-electron chi connectivity index (χ0n) is 15.7. The van der Waals surface area contributed by atoms with Crippen molar-refractivity contribution in [3.05, 3.63) is 29.8 Å². The number of piperazine rings is 1. The molecule has 1 unspecified atom stereocenters. The fraction of sp³-hybridized carbons (Fsp3) is 0.579. The van der Waals surface area contributed by atoms with Gasteiger partial charge in [0.25, 0.3) is 0 Å². The minimum atomic E-state index is -0.789. The highest BCUT2D eigenvalue weighted by molar-refractivity contribution is 5.85. The SMILES string of the molecule is Cc1cccc(N2CCN(CCC(=O)N3CCC(C(=O)O)C3)CC2)c1.Cl.Cl. The summed E-state index contributed by atoms with van der Waals surface area (Å²) >= 11 is 0. The van der Waals surface area contributed by atoms with Gasteiger partial charge in [0.15, 0.2) is 0 Å². The van der Waals surface area contributed by atoms with Crippen LogP contribution in [0, 0.1) is 12.8 Å². The van der Waals surface area contributed by atoms with Crippen molar-refractivity contribution in [1.82, 2.24) is 9.80 Å². The van der Waals surface area contributed by atoms with Gasteiger partial charge >= 0.3 is 5.97 Å². The van der Waals surface area contributed by atoms with Gasteiger partial charge in [-0.25, -0.2) is 0 Å². The lowest BCUT2D eigenvalue weighted by Crippen LogP contribution is -2.47. The molecule has 0 saturated carbocycles. The van der Waals surface area contributed by atoms with E-state index in [1.54, 1.807) is 4.90 Å². The molecular formula is C19H29Cl2N3O3. The Bertz CT molecular complexity index is 636. The summed E-state index contributed by atoms with van der Waals surface area (Å²) in [6.45, 7) is 7.68. The molecule has 2 fully saturated rings. The first-order valence-electron chi connectivity index (χ1n) is 9.07. The summed E-state index contributed by atoms with van der Waals surface area (Å²) in [6, 6.07) is 8.57. The molecule has 0 aromatic heterocycles. The quantitative estimate of drug-likeness (QED) is 0.795. The van der Waals surface area contributed by atoms with Crippen LogP contribution < -0.4 is 4.90 Å². The number of carboxylic acids is 1. The van der Waals surface area contributed by atoms with Crippen molar-refractivity contribution in [1.29, 1.82) is 0 Å². The van der Waals surface area contributed by atoms with Crippen LogP contribution in [0.25, 0.3) is 0 Å². The Morgan fingerprint density at radius 2 is 1.81 bits per heavy atom. The van der Waals surface area contributed by atoms with Crippen LogP contribution in [0.1, 0.15) is 18.4 Å². The molecule has 152 valence electrons. The zero-order valence-corrected chi connectivity index (χ0v) is 17.3. The van der Waals surface area contributed by atoms with E-state index in [0.29, 0.717) is 25.9 Å². The number of halogens is 2. The van der Waals surface area contributed by atoms with E-state index >= 15 is 0 Å². The predicted molar refractivity (Wildman–Crippen MR) is 111 cm³/mol. The van der Waals surface area contributed by atoms with E-state index in [1.165, 1.54) is 11.3 Å². The Morgan fingerprint density at radius 1 is 1.11 bits per heavy atom. The molecule has 2 aliphatic rings. The van der Waals surface area contributed by atoms with Crippen LogP contribution >= 0.6 is 24.8 Å². The number of carbonyl (C=O) groups excluding carboxylic acids is 1. The summed E-state index contributed by atoms with van der Waals surface area (Å²) in [6.07, 6.45) is 1.06. The number of nitrogens with zero attached hydrogens (tertiary/aromatic N) is 3. The molecule has 0 spiro atoms. The van der Waals surface area contributed by atoms with E-state index in [0.717, 1.165) is 32.7 Å². The lowest BCUT2D eigenvalue weighted by molar-refractivity contribution is -0.141. The van der Waals surface area contributed by atoms with Gasteiger partial charge in [0, 0.05) is 57.9 Å². The average Bonchev–Trinajstić information content (AvgIpc) is 3.11. The standard InChI is InChI=1S/C19H27N3O3.2ClH/c1-15-3-2-4-17(13-15)21-11-9-20(10-12-21)7-6-18(23)22-8-5-16(14-22)19(24)25;;/h2-4,13,16H,5-12,14H2,1H3,(H,24,25);2*1H. The van der Waals surface area contributed by atoms with Crippen LogP contribution in [0.5, 0.6) is 0 Å². The normalized spacial score (nSPS) is 20.0. The number of aryl methyl sites for hydroxylation is 1. The number of hydrogen-bond donors (Lipinski definition) is 1. The largest absolute Gasteiger partial charge is 0.481 e. The molecule has 0 radical (unpaired) electrons. The van der Waals surface area contributed by atoms with Crippen molar-refractivity contribution in [2.24, 2.45) is 5.92 Å². The molecule has 6 nitrogen and oxygen atoms in total. The number of anilines is 1. The number of amides is 1. The smallest absolute Gasteiger partial charge is 0.308 e. The number of aliphatic carboxylic acids is 1. The van der Waals surface area contributed by atoms with Crippen molar-refractivity contribution in [2.45, 2.75) is 19.8 Å². The van der Waals surface area contributed by atoms with Gasteiger partial charge in [-0.05, 0) is 31.0 Å². The molecule has 1 atom stereocenters. The molecule has 1 N–H and O–H groups in total. The highest BCUT2D eigenvalue weighted by Gasteiger charge is 2.30. The lowest BCUT2D eigenvalue weighted by Gasteiger charge is -2.36. The second kappa shape index (κ2) is 10.7. The third kappa shape index (κ3) is 6.26. The molecule has 27 heavy (non-hydrogen) atoms. The van der Waals surface area contributed by atoms with Crippen LogP contribution in [0.15, 0.2) is 24.3 Å². The van der Waals surface area contributed by atoms with Crippen molar-refractivity contribution >= 4 is 42.4 Å². The molecule has 2 saturated heterocycles. The molecule has 1 amide bonds. The number of likely N-dealkylation sites (tertiary alicyclic amines) is 1. The lowest BCUT2D eigenvalue weighted by atomic mass is 10.1. The Labute approximate surface area is 173 Å². The number of hydrogen-bond acceptors (Lipinski definition) is 4. The molecular weight excluding hydrogens is 389 g/mol. The Balaban J connectivity index is 0.00000182. The van der Waals surface area contributed by atoms with Crippen LogP contribution in [0.3, 0.4) is 0 Å². The van der Waals surface area contributed by atoms with Crippen LogP contribution in [-0.4, -0.2) is 72.6 Å². The second-order valence-electron chi connectivity index (χ2n) is 7.08. The number of rotatable bonds is 5. The van der Waals surface area contributed by atoms with Gasteiger partial charge in [0.2, 0.25) is 5.91 Å². The first-order chi connectivity index (χ1) is 12.0. The van der Waals surface area contributed by atoms with Gasteiger partial charge in [-0.1, -0.05) is 12.1 Å². The van der Waals surface area contributed by atoms with Gasteiger partial charge in [-0.15, -0.1) is 24.8 Å². The first kappa shape index (κ1) is 23.5. The van der Waals surface area contributed by atoms with Gasteiger partial charge < -0.3 is 14.9 Å². The van der Waals surface area contributed by atoms with E-state index in [-0.39, 0.29) is 36.6 Å². The summed E-state index contributed by atoms with van der Waals surface area (Å²) < 4.78 is 0. The maximum Gasteiger partial charge on any atom is 0.308 e. The highest BCUT2D eigenvalue weighted by atomic mass is 35.5. The number of benzene rings is 1. The van der Waals surface area contributed by atoms with E-state index in [9.17, 15) is 9.59 Å². The van der Waals surface area contributed by atoms with Gasteiger partial charge in [0.1, 0.15) is 0 Å². The molecule has 0 aliphatic carbocycles. The average molecular weight is 418 g/mol. The van der Waals surface area contributed by atoms with Crippen molar-refractivity contribution in [2.75, 3.05) is 50.7 Å². The van der Waals surface area contributed by atoms with Crippen molar-refractivity contribution in [3.8, 4) is 0 Å². The predicted octanol–water partition coefficient (Wildman–Crippen LogP) is 2.28. The minimum Gasteiger partial charge on any atom is -0.481 e. The van der Waals surface area contributed by atoms with Crippen LogP contribution in [-0.2, 0) is 9.59 Å². The molecule has 3 rings (SSSR count). The summed E-state index contributed by atoms with van der Waals surface area (Å²) in [7, 11) is 0. The van der Waals surface area contributed by atoms with Gasteiger partial charge in [-0.2, -0.15) is 0 Å². The summed E-state index contributed by atoms with van der Waals surface area (Å²) in [5.41, 5.74) is 2.54.